The molecule has 12 nitrogen and oxygen atoms in total. The summed E-state index contributed by atoms with van der Waals surface area (Å²) in [6, 6.07) is 8.99. The van der Waals surface area contributed by atoms with Crippen molar-refractivity contribution in [3.8, 4) is 5.69 Å². The number of para-hydroxylation sites is 1. The SMILES string of the molecule is COCCCCc1c(C(=O)N(CC(C)C)[C@H]2C[C@@H](C(=O)N(C)OC)CN(C(=O)O)C2)nnn1-c1ccccc1. The Morgan fingerprint density at radius 1 is 1.13 bits per heavy atom. The topological polar surface area (TPSA) is 130 Å². The van der Waals surface area contributed by atoms with Gasteiger partial charge in [0.05, 0.1) is 30.5 Å². The Bertz CT molecular complexity index is 1110. The first-order chi connectivity index (χ1) is 18.7. The van der Waals surface area contributed by atoms with Crippen molar-refractivity contribution in [2.24, 2.45) is 11.8 Å². The molecule has 1 aliphatic heterocycles. The third-order valence-electron chi connectivity index (χ3n) is 6.87. The molecule has 0 unspecified atom stereocenters. The van der Waals surface area contributed by atoms with Crippen molar-refractivity contribution >= 4 is 17.9 Å². The van der Waals surface area contributed by atoms with E-state index < -0.39 is 18.1 Å². The van der Waals surface area contributed by atoms with Crippen molar-refractivity contribution in [2.45, 2.75) is 45.6 Å². The number of hydroxylamine groups is 2. The van der Waals surface area contributed by atoms with E-state index in [1.165, 1.54) is 19.1 Å². The lowest BCUT2D eigenvalue weighted by Crippen LogP contribution is -2.57. The van der Waals surface area contributed by atoms with Gasteiger partial charge >= 0.3 is 6.09 Å². The van der Waals surface area contributed by atoms with Gasteiger partial charge in [-0.3, -0.25) is 14.4 Å². The minimum Gasteiger partial charge on any atom is -0.465 e. The van der Waals surface area contributed by atoms with E-state index in [4.69, 9.17) is 9.57 Å². The average Bonchev–Trinajstić information content (AvgIpc) is 3.36. The number of methoxy groups -OCH3 is 1. The number of amides is 3. The fourth-order valence-electron chi connectivity index (χ4n) is 4.92. The van der Waals surface area contributed by atoms with E-state index in [0.29, 0.717) is 31.7 Å². The van der Waals surface area contributed by atoms with Crippen molar-refractivity contribution < 1.29 is 29.1 Å². The van der Waals surface area contributed by atoms with Gasteiger partial charge in [0, 0.05) is 40.4 Å². The molecule has 1 aliphatic rings. The van der Waals surface area contributed by atoms with Gasteiger partial charge in [-0.05, 0) is 43.7 Å². The van der Waals surface area contributed by atoms with Crippen molar-refractivity contribution in [3.63, 3.8) is 0 Å². The zero-order chi connectivity index (χ0) is 28.5. The van der Waals surface area contributed by atoms with Gasteiger partial charge in [0.15, 0.2) is 5.69 Å². The number of carboxylic acid groups (broad SMARTS) is 1. The van der Waals surface area contributed by atoms with E-state index in [1.807, 2.05) is 44.2 Å². The second kappa shape index (κ2) is 14.0. The molecule has 1 fully saturated rings. The van der Waals surface area contributed by atoms with Crippen LogP contribution >= 0.6 is 0 Å². The molecule has 0 spiro atoms. The largest absolute Gasteiger partial charge is 0.465 e. The molecule has 1 aromatic heterocycles. The molecule has 1 saturated heterocycles. The van der Waals surface area contributed by atoms with E-state index in [9.17, 15) is 19.5 Å². The van der Waals surface area contributed by atoms with Crippen molar-refractivity contribution in [3.05, 3.63) is 41.7 Å². The van der Waals surface area contributed by atoms with Gasteiger partial charge in [-0.2, -0.15) is 0 Å². The zero-order valence-electron chi connectivity index (χ0n) is 23.4. The first-order valence-electron chi connectivity index (χ1n) is 13.3. The third-order valence-corrected chi connectivity index (χ3v) is 6.87. The van der Waals surface area contributed by atoms with Crippen LogP contribution in [0.1, 0.15) is 49.3 Å². The summed E-state index contributed by atoms with van der Waals surface area (Å²) in [6.07, 6.45) is 1.32. The summed E-state index contributed by atoms with van der Waals surface area (Å²) in [6.45, 7) is 5.10. The van der Waals surface area contributed by atoms with Gasteiger partial charge in [-0.15, -0.1) is 5.10 Å². The van der Waals surface area contributed by atoms with Gasteiger partial charge in [0.2, 0.25) is 0 Å². The van der Waals surface area contributed by atoms with Crippen LogP contribution in [0.3, 0.4) is 0 Å². The highest BCUT2D eigenvalue weighted by atomic mass is 16.7. The standard InChI is InChI=1S/C27H40N6O6/c1-19(2)16-32(22-15-20(25(34)30(3)39-5)17-31(18-22)27(36)37)26(35)24-23(13-9-10-14-38-4)33(29-28-24)21-11-7-6-8-12-21/h6-8,11-12,19-20,22H,9-10,13-18H2,1-5H3,(H,36,37)/t20-,22+/m1/s1. The number of nitrogens with zero attached hydrogens (tertiary/aromatic N) is 6. The monoisotopic (exact) mass is 544 g/mol. The van der Waals surface area contributed by atoms with Crippen LogP contribution in [0.4, 0.5) is 4.79 Å². The maximum atomic E-state index is 14.2. The average molecular weight is 545 g/mol. The number of aromatic nitrogens is 3. The Morgan fingerprint density at radius 3 is 2.46 bits per heavy atom. The van der Waals surface area contributed by atoms with E-state index >= 15 is 0 Å². The summed E-state index contributed by atoms with van der Waals surface area (Å²) in [7, 11) is 4.53. The van der Waals surface area contributed by atoms with Crippen LogP contribution in [-0.2, 0) is 20.8 Å². The van der Waals surface area contributed by atoms with Crippen LogP contribution in [0.15, 0.2) is 30.3 Å². The normalized spacial score (nSPS) is 17.3. The predicted octanol–water partition coefficient (Wildman–Crippen LogP) is 2.72. The summed E-state index contributed by atoms with van der Waals surface area (Å²) in [4.78, 5) is 47.1. The van der Waals surface area contributed by atoms with Crippen molar-refractivity contribution in [1.29, 1.82) is 0 Å². The molecule has 1 aromatic carbocycles. The van der Waals surface area contributed by atoms with Crippen molar-refractivity contribution in [2.75, 3.05) is 47.5 Å². The molecule has 214 valence electrons. The Labute approximate surface area is 229 Å². The second-order valence-electron chi connectivity index (χ2n) is 10.2. The van der Waals surface area contributed by atoms with Crippen molar-refractivity contribution in [1.82, 2.24) is 29.9 Å². The number of unbranched alkanes of at least 4 members (excludes halogenated alkanes) is 1. The number of benzene rings is 1. The number of likely N-dealkylation sites (tertiary alicyclic amines) is 1. The minimum absolute atomic E-state index is 0.0387. The molecule has 2 aromatic rings. The van der Waals surface area contributed by atoms with E-state index in [1.54, 1.807) is 16.7 Å². The molecule has 12 heteroatoms. The maximum absolute atomic E-state index is 14.2. The fraction of sp³-hybridized carbons (Fsp3) is 0.593. The number of carbonyl (C=O) groups excluding carboxylic acids is 2. The summed E-state index contributed by atoms with van der Waals surface area (Å²) in [5.74, 6) is -1.21. The van der Waals surface area contributed by atoms with E-state index in [2.05, 4.69) is 10.3 Å². The predicted molar refractivity (Wildman–Crippen MR) is 143 cm³/mol. The quantitative estimate of drug-likeness (QED) is 0.319. The molecule has 0 aliphatic carbocycles. The number of hydrogen-bond acceptors (Lipinski definition) is 7. The molecule has 3 rings (SSSR count). The molecular weight excluding hydrogens is 504 g/mol. The van der Waals surface area contributed by atoms with Gasteiger partial charge in [0.1, 0.15) is 0 Å². The Balaban J connectivity index is 1.99. The summed E-state index contributed by atoms with van der Waals surface area (Å²) in [5, 5.41) is 19.6. The van der Waals surface area contributed by atoms with Gasteiger partial charge in [-0.25, -0.2) is 14.5 Å². The lowest BCUT2D eigenvalue weighted by atomic mass is 9.91. The molecule has 0 bridgehead atoms. The van der Waals surface area contributed by atoms with Crippen LogP contribution in [0, 0.1) is 11.8 Å². The minimum atomic E-state index is -1.14. The summed E-state index contributed by atoms with van der Waals surface area (Å²) in [5.41, 5.74) is 1.72. The molecule has 3 amide bonds. The lowest BCUT2D eigenvalue weighted by molar-refractivity contribution is -0.175. The molecule has 39 heavy (non-hydrogen) atoms. The highest BCUT2D eigenvalue weighted by molar-refractivity contribution is 5.94. The summed E-state index contributed by atoms with van der Waals surface area (Å²) < 4.78 is 6.89. The molecule has 0 radical (unpaired) electrons. The molecule has 0 saturated carbocycles. The molecule has 2 heterocycles. The maximum Gasteiger partial charge on any atom is 0.407 e. The van der Waals surface area contributed by atoms with Gasteiger partial charge in [0.25, 0.3) is 11.8 Å². The highest BCUT2D eigenvalue weighted by Gasteiger charge is 2.40. The number of hydrogen-bond donors (Lipinski definition) is 1. The fourth-order valence-corrected chi connectivity index (χ4v) is 4.92. The first-order valence-corrected chi connectivity index (χ1v) is 13.3. The van der Waals surface area contributed by atoms with Crippen LogP contribution < -0.4 is 0 Å². The number of piperidine rings is 1. The highest BCUT2D eigenvalue weighted by Crippen LogP contribution is 2.26. The molecule has 1 N–H and O–H groups in total. The molecule has 2 atom stereocenters. The van der Waals surface area contributed by atoms with E-state index in [-0.39, 0.29) is 36.5 Å². The van der Waals surface area contributed by atoms with Gasteiger partial charge < -0.3 is 19.6 Å². The lowest BCUT2D eigenvalue weighted by Gasteiger charge is -2.42. The van der Waals surface area contributed by atoms with Crippen LogP contribution in [0.5, 0.6) is 0 Å². The van der Waals surface area contributed by atoms with Gasteiger partial charge in [-0.1, -0.05) is 37.3 Å². The Kier molecular flexibility index (Phi) is 10.8. The Morgan fingerprint density at radius 2 is 1.85 bits per heavy atom. The third kappa shape index (κ3) is 7.54. The van der Waals surface area contributed by atoms with Crippen LogP contribution in [-0.4, -0.2) is 106 Å². The number of carbonyl (C=O) groups is 3. The smallest absolute Gasteiger partial charge is 0.407 e. The second-order valence-corrected chi connectivity index (χ2v) is 10.2. The summed E-state index contributed by atoms with van der Waals surface area (Å²) >= 11 is 0. The molecular formula is C27H40N6O6. The first kappa shape index (κ1) is 30.0. The van der Waals surface area contributed by atoms with Crippen LogP contribution in [0.25, 0.3) is 5.69 Å². The number of rotatable bonds is 12. The van der Waals surface area contributed by atoms with E-state index in [0.717, 1.165) is 23.6 Å². The Hall–Kier alpha value is -3.51. The zero-order valence-corrected chi connectivity index (χ0v) is 23.4. The number of ether oxygens (including phenoxy) is 1. The van der Waals surface area contributed by atoms with Crippen LogP contribution in [0.2, 0.25) is 0 Å².